The Bertz CT molecular complexity index is 399. The van der Waals surface area contributed by atoms with Gasteiger partial charge in [0.15, 0.2) is 11.5 Å². The molecule has 100 valence electrons. The molecular weight excluding hydrogens is 228 g/mol. The van der Waals surface area contributed by atoms with E-state index >= 15 is 0 Å². The number of aromatic hydroxyl groups is 1. The maximum absolute atomic E-state index is 10.1. The molecule has 1 heterocycles. The molecule has 2 unspecified atom stereocenters. The molecule has 18 heavy (non-hydrogen) atoms. The molecule has 1 aromatic rings. The van der Waals surface area contributed by atoms with Crippen LogP contribution in [0.4, 0.5) is 0 Å². The van der Waals surface area contributed by atoms with Crippen LogP contribution in [0.1, 0.15) is 19.4 Å². The quantitative estimate of drug-likeness (QED) is 0.851. The molecule has 1 aliphatic heterocycles. The summed E-state index contributed by atoms with van der Waals surface area (Å²) in [5.74, 6) is 1.33. The average Bonchev–Trinajstić information content (AvgIpc) is 2.64. The van der Waals surface area contributed by atoms with Gasteiger partial charge in [-0.05, 0) is 18.9 Å². The van der Waals surface area contributed by atoms with Crippen molar-refractivity contribution in [2.24, 2.45) is 11.7 Å². The number of nitrogens with two attached hydrogens (primary N) is 1. The minimum absolute atomic E-state index is 0.238. The monoisotopic (exact) mass is 250 g/mol. The van der Waals surface area contributed by atoms with Crippen LogP contribution >= 0.6 is 0 Å². The number of rotatable bonds is 4. The fourth-order valence-corrected chi connectivity index (χ4v) is 2.43. The molecule has 1 aliphatic rings. The van der Waals surface area contributed by atoms with E-state index in [0.717, 1.165) is 25.2 Å². The van der Waals surface area contributed by atoms with Crippen LogP contribution in [0.2, 0.25) is 0 Å². The zero-order chi connectivity index (χ0) is 13.1. The average molecular weight is 250 g/mol. The van der Waals surface area contributed by atoms with Crippen LogP contribution in [0.25, 0.3) is 0 Å². The Morgan fingerprint density at radius 2 is 2.22 bits per heavy atom. The van der Waals surface area contributed by atoms with Crippen LogP contribution in [0.3, 0.4) is 0 Å². The van der Waals surface area contributed by atoms with Gasteiger partial charge in [-0.2, -0.15) is 0 Å². The molecule has 4 nitrogen and oxygen atoms in total. The number of hydrogen-bond acceptors (Lipinski definition) is 4. The summed E-state index contributed by atoms with van der Waals surface area (Å²) in [5, 5.41) is 10.1. The lowest BCUT2D eigenvalue weighted by Gasteiger charge is -2.17. The Hall–Kier alpha value is -1.26. The second-order valence-electron chi connectivity index (χ2n) is 5.03. The normalized spacial score (nSPS) is 24.4. The summed E-state index contributed by atoms with van der Waals surface area (Å²) >= 11 is 0. The largest absolute Gasteiger partial charge is 0.504 e. The van der Waals surface area contributed by atoms with E-state index in [4.69, 9.17) is 10.5 Å². The molecule has 0 saturated carbocycles. The van der Waals surface area contributed by atoms with Gasteiger partial charge in [0, 0.05) is 31.2 Å². The Morgan fingerprint density at radius 3 is 2.83 bits per heavy atom. The van der Waals surface area contributed by atoms with Crippen molar-refractivity contribution in [1.29, 1.82) is 0 Å². The summed E-state index contributed by atoms with van der Waals surface area (Å²) in [5.41, 5.74) is 6.91. The highest BCUT2D eigenvalue weighted by atomic mass is 16.5. The van der Waals surface area contributed by atoms with E-state index in [-0.39, 0.29) is 11.8 Å². The molecular formula is C14H22N2O2. The van der Waals surface area contributed by atoms with Crippen LogP contribution in [0.15, 0.2) is 18.2 Å². The second kappa shape index (κ2) is 5.59. The molecule has 0 bridgehead atoms. The predicted molar refractivity (Wildman–Crippen MR) is 71.7 cm³/mol. The van der Waals surface area contributed by atoms with Crippen molar-refractivity contribution in [1.82, 2.24) is 4.90 Å². The number of phenols is 1. The number of ether oxygens (including phenoxy) is 1. The lowest BCUT2D eigenvalue weighted by Crippen LogP contribution is -2.28. The highest BCUT2D eigenvalue weighted by molar-refractivity contribution is 5.45. The van der Waals surface area contributed by atoms with E-state index in [1.165, 1.54) is 0 Å². The van der Waals surface area contributed by atoms with Crippen molar-refractivity contribution in [2.75, 3.05) is 19.7 Å². The first-order chi connectivity index (χ1) is 8.61. The lowest BCUT2D eigenvalue weighted by molar-refractivity contribution is 0.297. The molecule has 0 amide bonds. The molecule has 4 heteroatoms. The summed E-state index contributed by atoms with van der Waals surface area (Å²) in [6.45, 7) is 7.24. The van der Waals surface area contributed by atoms with Crippen molar-refractivity contribution in [3.8, 4) is 11.5 Å². The molecule has 1 aromatic carbocycles. The number of hydrogen-bond donors (Lipinski definition) is 2. The summed E-state index contributed by atoms with van der Waals surface area (Å²) in [7, 11) is 0. The molecule has 0 spiro atoms. The van der Waals surface area contributed by atoms with Crippen molar-refractivity contribution >= 4 is 0 Å². The third kappa shape index (κ3) is 2.76. The molecule has 2 rings (SSSR count). The topological polar surface area (TPSA) is 58.7 Å². The number of benzene rings is 1. The fraction of sp³-hybridized carbons (Fsp3) is 0.571. The first kappa shape index (κ1) is 13.2. The van der Waals surface area contributed by atoms with Crippen LogP contribution in [-0.2, 0) is 6.54 Å². The molecule has 1 saturated heterocycles. The van der Waals surface area contributed by atoms with Crippen LogP contribution in [0, 0.1) is 5.92 Å². The van der Waals surface area contributed by atoms with Gasteiger partial charge in [-0.15, -0.1) is 0 Å². The third-order valence-electron chi connectivity index (χ3n) is 3.52. The zero-order valence-electron chi connectivity index (χ0n) is 11.1. The van der Waals surface area contributed by atoms with Crippen LogP contribution in [-0.4, -0.2) is 35.7 Å². The van der Waals surface area contributed by atoms with Crippen molar-refractivity contribution < 1.29 is 9.84 Å². The van der Waals surface area contributed by atoms with Gasteiger partial charge in [0.2, 0.25) is 0 Å². The van der Waals surface area contributed by atoms with Crippen molar-refractivity contribution in [3.63, 3.8) is 0 Å². The van der Waals surface area contributed by atoms with Gasteiger partial charge in [0.1, 0.15) is 0 Å². The second-order valence-corrected chi connectivity index (χ2v) is 5.03. The van der Waals surface area contributed by atoms with E-state index in [1.54, 1.807) is 6.07 Å². The Labute approximate surface area is 108 Å². The number of para-hydroxylation sites is 1. The van der Waals surface area contributed by atoms with Crippen molar-refractivity contribution in [2.45, 2.75) is 26.4 Å². The van der Waals surface area contributed by atoms with Gasteiger partial charge in [0.25, 0.3) is 0 Å². The molecule has 0 radical (unpaired) electrons. The van der Waals surface area contributed by atoms with E-state index in [0.29, 0.717) is 18.3 Å². The fourth-order valence-electron chi connectivity index (χ4n) is 2.43. The standard InChI is InChI=1S/C14H22N2O2/c1-3-18-13-6-4-5-11(14(13)17)8-16-7-10(2)12(15)9-16/h4-6,10,12,17H,3,7-9,15H2,1-2H3. The summed E-state index contributed by atoms with van der Waals surface area (Å²) in [4.78, 5) is 2.28. The van der Waals surface area contributed by atoms with E-state index in [9.17, 15) is 5.11 Å². The number of nitrogens with zero attached hydrogens (tertiary/aromatic N) is 1. The Kier molecular flexibility index (Phi) is 4.09. The summed E-state index contributed by atoms with van der Waals surface area (Å²) in [6, 6.07) is 5.88. The molecule has 1 fully saturated rings. The predicted octanol–water partition coefficient (Wildman–Crippen LogP) is 1.57. The van der Waals surface area contributed by atoms with Gasteiger partial charge < -0.3 is 15.6 Å². The first-order valence-corrected chi connectivity index (χ1v) is 6.53. The zero-order valence-corrected chi connectivity index (χ0v) is 11.1. The van der Waals surface area contributed by atoms with Gasteiger partial charge in [-0.3, -0.25) is 4.90 Å². The highest BCUT2D eigenvalue weighted by Gasteiger charge is 2.27. The van der Waals surface area contributed by atoms with Gasteiger partial charge >= 0.3 is 0 Å². The van der Waals surface area contributed by atoms with Gasteiger partial charge in [-0.25, -0.2) is 0 Å². The maximum Gasteiger partial charge on any atom is 0.162 e. The summed E-state index contributed by atoms with van der Waals surface area (Å²) in [6.07, 6.45) is 0. The van der Waals surface area contributed by atoms with Crippen molar-refractivity contribution in [3.05, 3.63) is 23.8 Å². The smallest absolute Gasteiger partial charge is 0.162 e. The SMILES string of the molecule is CCOc1cccc(CN2CC(C)C(N)C2)c1O. The highest BCUT2D eigenvalue weighted by Crippen LogP contribution is 2.31. The summed E-state index contributed by atoms with van der Waals surface area (Å²) < 4.78 is 5.39. The van der Waals surface area contributed by atoms with Gasteiger partial charge in [0.05, 0.1) is 6.61 Å². The van der Waals surface area contributed by atoms with Crippen LogP contribution < -0.4 is 10.5 Å². The Balaban J connectivity index is 2.08. The number of phenolic OH excluding ortho intramolecular Hbond substituents is 1. The van der Waals surface area contributed by atoms with Gasteiger partial charge in [-0.1, -0.05) is 19.1 Å². The van der Waals surface area contributed by atoms with E-state index in [1.807, 2.05) is 19.1 Å². The minimum Gasteiger partial charge on any atom is -0.504 e. The maximum atomic E-state index is 10.1. The molecule has 3 N–H and O–H groups in total. The van der Waals surface area contributed by atoms with E-state index in [2.05, 4.69) is 11.8 Å². The number of likely N-dealkylation sites (tertiary alicyclic amines) is 1. The minimum atomic E-state index is 0.238. The molecule has 0 aromatic heterocycles. The Morgan fingerprint density at radius 1 is 1.44 bits per heavy atom. The van der Waals surface area contributed by atoms with Crippen LogP contribution in [0.5, 0.6) is 11.5 Å². The van der Waals surface area contributed by atoms with E-state index < -0.39 is 0 Å². The lowest BCUT2D eigenvalue weighted by atomic mass is 10.1. The first-order valence-electron chi connectivity index (χ1n) is 6.53. The molecule has 2 atom stereocenters. The third-order valence-corrected chi connectivity index (χ3v) is 3.52. The molecule has 0 aliphatic carbocycles.